The van der Waals surface area contributed by atoms with E-state index in [9.17, 15) is 0 Å². The fraction of sp³-hybridized carbons (Fsp3) is 1.00. The summed E-state index contributed by atoms with van der Waals surface area (Å²) in [6.45, 7) is 25.1. The summed E-state index contributed by atoms with van der Waals surface area (Å²) >= 11 is 0. The van der Waals surface area contributed by atoms with Crippen molar-refractivity contribution >= 4 is 8.24 Å². The zero-order valence-corrected chi connectivity index (χ0v) is 19.4. The fourth-order valence-corrected chi connectivity index (χ4v) is 4.61. The van der Waals surface area contributed by atoms with E-state index in [0.717, 1.165) is 6.54 Å². The van der Waals surface area contributed by atoms with E-state index in [1.807, 2.05) is 0 Å². The van der Waals surface area contributed by atoms with Crippen LogP contribution in [0, 0.1) is 0 Å². The van der Waals surface area contributed by atoms with Gasteiger partial charge in [0.25, 0.3) is 0 Å². The van der Waals surface area contributed by atoms with E-state index in [-0.39, 0.29) is 33.4 Å². The molecule has 0 saturated heterocycles. The van der Waals surface area contributed by atoms with Crippen LogP contribution in [0.15, 0.2) is 0 Å². The minimum atomic E-state index is -1.26. The average Bonchev–Trinajstić information content (AvgIpc) is 1.85. The monoisotopic (exact) mass is 374 g/mol. The predicted molar refractivity (Wildman–Crippen MR) is 102 cm³/mol. The Morgan fingerprint density at radius 2 is 1.09 bits per heavy atom. The van der Waals surface area contributed by atoms with Crippen molar-refractivity contribution in [3.8, 4) is 0 Å². The van der Waals surface area contributed by atoms with Crippen LogP contribution >= 0.6 is 0 Å². The standard InChI is InChI=1S/C9H23N2Si.C8H18N.Co/c1-9(2,8-11(3)4)10-12(5,6)7;1-7(2,3)9-8(4,5)6;/h8H2,1-7H3;1-6H3;/q2*-1;+3. The molecule has 22 heavy (non-hydrogen) atoms. The van der Waals surface area contributed by atoms with Crippen LogP contribution in [0.2, 0.25) is 19.6 Å². The van der Waals surface area contributed by atoms with Crippen molar-refractivity contribution < 1.29 is 16.8 Å². The maximum Gasteiger partial charge on any atom is 3.00 e. The summed E-state index contributed by atoms with van der Waals surface area (Å²) in [6.07, 6.45) is 0. The Morgan fingerprint density at radius 3 is 1.23 bits per heavy atom. The second-order valence-electron chi connectivity index (χ2n) is 9.79. The van der Waals surface area contributed by atoms with Gasteiger partial charge in [0.05, 0.1) is 0 Å². The second-order valence-corrected chi connectivity index (χ2v) is 14.4. The number of likely N-dealkylation sites (N-methyl/N-ethyl adjacent to an activating group) is 1. The summed E-state index contributed by atoms with van der Waals surface area (Å²) in [4.78, 5) is 7.08. The first kappa shape index (κ1) is 27.5. The van der Waals surface area contributed by atoms with Crippen molar-refractivity contribution in [2.75, 3.05) is 20.6 Å². The van der Waals surface area contributed by atoms with Gasteiger partial charge in [0.15, 0.2) is 0 Å². The maximum absolute atomic E-state index is 4.88. The van der Waals surface area contributed by atoms with Crippen LogP contribution in [0.3, 0.4) is 0 Å². The Labute approximate surface area is 152 Å². The molecule has 0 radical (unpaired) electrons. The molecular formula is C17H41CoN3Si+. The van der Waals surface area contributed by atoms with Gasteiger partial charge in [-0.3, -0.25) is 0 Å². The molecule has 0 aliphatic carbocycles. The van der Waals surface area contributed by atoms with Gasteiger partial charge >= 0.3 is 16.8 Å². The van der Waals surface area contributed by atoms with E-state index in [4.69, 9.17) is 4.98 Å². The van der Waals surface area contributed by atoms with Crippen molar-refractivity contribution in [3.63, 3.8) is 0 Å². The van der Waals surface area contributed by atoms with Crippen LogP contribution in [-0.2, 0) is 16.8 Å². The average molecular weight is 375 g/mol. The topological polar surface area (TPSA) is 31.4 Å². The molecule has 0 heterocycles. The van der Waals surface area contributed by atoms with Crippen LogP contribution in [0.1, 0.15) is 55.4 Å². The van der Waals surface area contributed by atoms with Crippen molar-refractivity contribution in [1.29, 1.82) is 0 Å². The van der Waals surface area contributed by atoms with Gasteiger partial charge in [-0.1, -0.05) is 83.3 Å². The van der Waals surface area contributed by atoms with Crippen molar-refractivity contribution in [3.05, 3.63) is 10.3 Å². The molecule has 0 rings (SSSR count). The Morgan fingerprint density at radius 1 is 0.773 bits per heavy atom. The molecule has 0 N–H and O–H groups in total. The number of hydrogen-bond donors (Lipinski definition) is 0. The molecule has 0 unspecified atom stereocenters. The van der Waals surface area contributed by atoms with E-state index in [0.29, 0.717) is 0 Å². The van der Waals surface area contributed by atoms with Gasteiger partial charge in [-0.25, -0.2) is 0 Å². The van der Waals surface area contributed by atoms with Crippen molar-refractivity contribution in [2.24, 2.45) is 0 Å². The molecule has 0 aromatic heterocycles. The van der Waals surface area contributed by atoms with E-state index in [1.54, 1.807) is 0 Å². The summed E-state index contributed by atoms with van der Waals surface area (Å²) in [6, 6.07) is 0. The minimum absolute atomic E-state index is 0. The number of rotatable bonds is 4. The number of hydrogen-bond acceptors (Lipinski definition) is 1. The largest absolute Gasteiger partial charge is 3.00 e. The Kier molecular flexibility index (Phi) is 12.2. The quantitative estimate of drug-likeness (QED) is 0.599. The van der Waals surface area contributed by atoms with Gasteiger partial charge in [0.2, 0.25) is 0 Å². The molecule has 0 aliphatic heterocycles. The zero-order valence-electron chi connectivity index (χ0n) is 17.4. The Hall–Kier alpha value is 0.603. The molecule has 0 amide bonds. The molecule has 5 heteroatoms. The Bertz CT molecular complexity index is 272. The molecule has 0 aliphatic rings. The Balaban J connectivity index is -0.000000326. The van der Waals surface area contributed by atoms with Crippen LogP contribution in [0.25, 0.3) is 10.3 Å². The summed E-state index contributed by atoms with van der Waals surface area (Å²) in [5, 5.41) is 4.54. The van der Waals surface area contributed by atoms with Crippen LogP contribution < -0.4 is 0 Å². The van der Waals surface area contributed by atoms with E-state index in [2.05, 4.69) is 99.3 Å². The smallest absolute Gasteiger partial charge is 0.659 e. The summed E-state index contributed by atoms with van der Waals surface area (Å²) in [5.41, 5.74) is 0.338. The van der Waals surface area contributed by atoms with Crippen molar-refractivity contribution in [1.82, 2.24) is 4.90 Å². The van der Waals surface area contributed by atoms with E-state index >= 15 is 0 Å². The van der Waals surface area contributed by atoms with Gasteiger partial charge in [0.1, 0.15) is 0 Å². The molecule has 0 bridgehead atoms. The minimum Gasteiger partial charge on any atom is -0.659 e. The predicted octanol–water partition coefficient (Wildman–Crippen LogP) is 5.49. The van der Waals surface area contributed by atoms with Crippen LogP contribution in [0.4, 0.5) is 0 Å². The molecular weight excluding hydrogens is 333 g/mol. The van der Waals surface area contributed by atoms with Gasteiger partial charge in [-0.15, -0.1) is 16.6 Å². The van der Waals surface area contributed by atoms with Gasteiger partial charge in [0, 0.05) is 0 Å². The van der Waals surface area contributed by atoms with E-state index < -0.39 is 8.24 Å². The third-order valence-electron chi connectivity index (χ3n) is 2.01. The van der Waals surface area contributed by atoms with Gasteiger partial charge < -0.3 is 15.2 Å². The summed E-state index contributed by atoms with van der Waals surface area (Å²) in [5.74, 6) is 0. The molecule has 0 aromatic rings. The van der Waals surface area contributed by atoms with Crippen LogP contribution in [-0.4, -0.2) is 50.4 Å². The SMILES string of the molecule is CC(C)(C)[N-]C(C)(C)C.CN(C)CC(C)(C)[N-][Si](C)(C)C.[Co+3]. The second kappa shape index (κ2) is 9.79. The molecule has 0 atom stereocenters. The first-order valence-electron chi connectivity index (χ1n) is 7.96. The molecule has 0 aromatic carbocycles. The molecule has 0 fully saturated rings. The molecule has 136 valence electrons. The number of nitrogens with zero attached hydrogens (tertiary/aromatic N) is 3. The van der Waals surface area contributed by atoms with Crippen LogP contribution in [0.5, 0.6) is 0 Å². The maximum atomic E-state index is 4.88. The first-order valence-corrected chi connectivity index (χ1v) is 11.4. The zero-order chi connectivity index (χ0) is 17.7. The summed E-state index contributed by atoms with van der Waals surface area (Å²) < 4.78 is 0. The normalized spacial score (nSPS) is 13.4. The fourth-order valence-electron chi connectivity index (χ4n) is 2.72. The van der Waals surface area contributed by atoms with E-state index in [1.165, 1.54) is 0 Å². The van der Waals surface area contributed by atoms with Crippen molar-refractivity contribution in [2.45, 2.75) is 91.6 Å². The summed E-state index contributed by atoms with van der Waals surface area (Å²) in [7, 11) is 2.94. The third kappa shape index (κ3) is 25.6. The third-order valence-corrected chi connectivity index (χ3v) is 3.29. The van der Waals surface area contributed by atoms with Gasteiger partial charge in [-0.05, 0) is 20.6 Å². The molecule has 3 nitrogen and oxygen atoms in total. The first-order chi connectivity index (χ1) is 8.83. The molecule has 0 saturated carbocycles. The molecule has 0 spiro atoms. The van der Waals surface area contributed by atoms with Gasteiger partial charge in [-0.2, -0.15) is 0 Å².